The molecule has 126 valence electrons. The van der Waals surface area contributed by atoms with Crippen LogP contribution >= 0.6 is 12.4 Å². The number of ether oxygens (including phenoxy) is 1. The lowest BCUT2D eigenvalue weighted by Gasteiger charge is -2.15. The molecule has 0 aromatic heterocycles. The number of carbonyl (C=O) groups excluding carboxylic acids is 1. The SMILES string of the molecule is C[C@H](NC(=O)OCC1c2ccccc2-c2ccccc21)C(=O)O.Cl. The van der Waals surface area contributed by atoms with E-state index in [0.717, 1.165) is 22.3 Å². The molecule has 2 aromatic rings. The van der Waals surface area contributed by atoms with Crippen LogP contribution in [0.3, 0.4) is 0 Å². The molecule has 0 spiro atoms. The van der Waals surface area contributed by atoms with Crippen LogP contribution in [0.2, 0.25) is 0 Å². The van der Waals surface area contributed by atoms with Gasteiger partial charge in [0.25, 0.3) is 0 Å². The van der Waals surface area contributed by atoms with E-state index in [1.807, 2.05) is 36.4 Å². The highest BCUT2D eigenvalue weighted by molar-refractivity contribution is 5.85. The van der Waals surface area contributed by atoms with Crippen molar-refractivity contribution in [1.29, 1.82) is 0 Å². The van der Waals surface area contributed by atoms with Crippen molar-refractivity contribution in [2.45, 2.75) is 18.9 Å². The number of hydrogen-bond acceptors (Lipinski definition) is 3. The monoisotopic (exact) mass is 347 g/mol. The molecule has 0 unspecified atom stereocenters. The molecule has 0 saturated carbocycles. The van der Waals surface area contributed by atoms with E-state index in [2.05, 4.69) is 17.4 Å². The van der Waals surface area contributed by atoms with Gasteiger partial charge >= 0.3 is 12.1 Å². The van der Waals surface area contributed by atoms with E-state index in [-0.39, 0.29) is 24.9 Å². The Morgan fingerprint density at radius 3 is 2.08 bits per heavy atom. The molecule has 2 N–H and O–H groups in total. The molecule has 0 aliphatic heterocycles. The number of carbonyl (C=O) groups is 2. The number of fused-ring (bicyclic) bond motifs is 3. The van der Waals surface area contributed by atoms with Crippen molar-refractivity contribution < 1.29 is 19.4 Å². The summed E-state index contributed by atoms with van der Waals surface area (Å²) in [6, 6.07) is 15.1. The maximum Gasteiger partial charge on any atom is 0.407 e. The fourth-order valence-electron chi connectivity index (χ4n) is 2.88. The Labute approximate surface area is 146 Å². The molecule has 0 fully saturated rings. The minimum atomic E-state index is -1.10. The average Bonchev–Trinajstić information content (AvgIpc) is 2.87. The van der Waals surface area contributed by atoms with Crippen molar-refractivity contribution in [2.75, 3.05) is 6.61 Å². The number of hydrogen-bond donors (Lipinski definition) is 2. The molecule has 0 radical (unpaired) electrons. The van der Waals surface area contributed by atoms with Crippen LogP contribution < -0.4 is 5.32 Å². The summed E-state index contributed by atoms with van der Waals surface area (Å²) in [7, 11) is 0. The zero-order chi connectivity index (χ0) is 16.4. The predicted octanol–water partition coefficient (Wildman–Crippen LogP) is 3.42. The molecule has 1 atom stereocenters. The molecule has 0 heterocycles. The molecular formula is C18H18ClNO4. The molecule has 1 aliphatic rings. The van der Waals surface area contributed by atoms with Gasteiger partial charge in [0.1, 0.15) is 12.6 Å². The summed E-state index contributed by atoms with van der Waals surface area (Å²) in [5, 5.41) is 11.1. The fraction of sp³-hybridized carbons (Fsp3) is 0.222. The lowest BCUT2D eigenvalue weighted by Crippen LogP contribution is -2.39. The van der Waals surface area contributed by atoms with Gasteiger partial charge in [-0.3, -0.25) is 4.79 Å². The smallest absolute Gasteiger partial charge is 0.407 e. The van der Waals surface area contributed by atoms with Crippen LogP contribution in [0, 0.1) is 0 Å². The number of aliphatic carboxylic acids is 1. The second-order valence-corrected chi connectivity index (χ2v) is 5.53. The molecule has 24 heavy (non-hydrogen) atoms. The van der Waals surface area contributed by atoms with Gasteiger partial charge < -0.3 is 15.2 Å². The van der Waals surface area contributed by atoms with E-state index in [9.17, 15) is 9.59 Å². The third-order valence-corrected chi connectivity index (χ3v) is 4.05. The molecule has 1 amide bonds. The van der Waals surface area contributed by atoms with Crippen molar-refractivity contribution in [3.8, 4) is 11.1 Å². The number of nitrogens with one attached hydrogen (secondary N) is 1. The van der Waals surface area contributed by atoms with Crippen LogP contribution in [-0.4, -0.2) is 29.8 Å². The van der Waals surface area contributed by atoms with Crippen molar-refractivity contribution in [3.05, 3.63) is 59.7 Å². The average molecular weight is 348 g/mol. The van der Waals surface area contributed by atoms with E-state index < -0.39 is 18.1 Å². The number of benzene rings is 2. The minimum absolute atomic E-state index is 0. The first kappa shape index (κ1) is 17.8. The summed E-state index contributed by atoms with van der Waals surface area (Å²) >= 11 is 0. The van der Waals surface area contributed by atoms with Crippen LogP contribution in [0.25, 0.3) is 11.1 Å². The van der Waals surface area contributed by atoms with Gasteiger partial charge in [-0.05, 0) is 29.2 Å². The summed E-state index contributed by atoms with van der Waals surface area (Å²) in [5.41, 5.74) is 4.53. The first-order chi connectivity index (χ1) is 11.1. The summed E-state index contributed by atoms with van der Waals surface area (Å²) in [4.78, 5) is 22.5. The van der Waals surface area contributed by atoms with Crippen LogP contribution in [-0.2, 0) is 9.53 Å². The highest BCUT2D eigenvalue weighted by Crippen LogP contribution is 2.44. The quantitative estimate of drug-likeness (QED) is 0.888. The van der Waals surface area contributed by atoms with Crippen molar-refractivity contribution in [2.24, 2.45) is 0 Å². The molecule has 0 saturated heterocycles. The standard InChI is InChI=1S/C18H17NO4.ClH/c1-11(17(20)21)19-18(22)23-10-16-14-8-4-2-6-12(14)13-7-3-5-9-15(13)16;/h2-9,11,16H,10H2,1H3,(H,19,22)(H,20,21);1H/t11-;/m0./s1. The molecule has 1 aliphatic carbocycles. The van der Waals surface area contributed by atoms with Gasteiger partial charge in [0.15, 0.2) is 0 Å². The van der Waals surface area contributed by atoms with Crippen LogP contribution in [0.5, 0.6) is 0 Å². The number of amides is 1. The Balaban J connectivity index is 0.00000208. The first-order valence-electron chi connectivity index (χ1n) is 7.42. The lowest BCUT2D eigenvalue weighted by atomic mass is 9.98. The van der Waals surface area contributed by atoms with Crippen LogP contribution in [0.1, 0.15) is 24.0 Å². The zero-order valence-corrected chi connectivity index (χ0v) is 13.9. The van der Waals surface area contributed by atoms with E-state index >= 15 is 0 Å². The van der Waals surface area contributed by atoms with E-state index in [1.54, 1.807) is 0 Å². The van der Waals surface area contributed by atoms with Crippen LogP contribution in [0.4, 0.5) is 4.79 Å². The third-order valence-electron chi connectivity index (χ3n) is 4.05. The number of alkyl carbamates (subject to hydrolysis) is 1. The molecule has 3 rings (SSSR count). The Morgan fingerprint density at radius 2 is 1.58 bits per heavy atom. The van der Waals surface area contributed by atoms with Crippen molar-refractivity contribution in [1.82, 2.24) is 5.32 Å². The maximum absolute atomic E-state index is 11.7. The molecule has 2 aromatic carbocycles. The first-order valence-corrected chi connectivity index (χ1v) is 7.42. The second-order valence-electron chi connectivity index (χ2n) is 5.53. The normalized spacial score (nSPS) is 13.2. The number of carboxylic acids is 1. The highest BCUT2D eigenvalue weighted by atomic mass is 35.5. The van der Waals surface area contributed by atoms with E-state index in [1.165, 1.54) is 6.92 Å². The molecule has 5 nitrogen and oxygen atoms in total. The summed E-state index contributed by atoms with van der Waals surface area (Å²) in [6.07, 6.45) is -0.721. The van der Waals surface area contributed by atoms with Gasteiger partial charge in [-0.15, -0.1) is 12.4 Å². The van der Waals surface area contributed by atoms with Gasteiger partial charge in [0.05, 0.1) is 0 Å². The molecule has 0 bridgehead atoms. The summed E-state index contributed by atoms with van der Waals surface area (Å²) in [5.74, 6) is -1.13. The Bertz CT molecular complexity index is 717. The van der Waals surface area contributed by atoms with Gasteiger partial charge in [-0.1, -0.05) is 48.5 Å². The number of halogens is 1. The second kappa shape index (κ2) is 7.36. The fourth-order valence-corrected chi connectivity index (χ4v) is 2.88. The third kappa shape index (κ3) is 3.36. The zero-order valence-electron chi connectivity index (χ0n) is 13.1. The van der Waals surface area contributed by atoms with E-state index in [0.29, 0.717) is 0 Å². The van der Waals surface area contributed by atoms with Gasteiger partial charge in [-0.25, -0.2) is 4.79 Å². The number of carboxylic acid groups (broad SMARTS) is 1. The van der Waals surface area contributed by atoms with Crippen molar-refractivity contribution in [3.63, 3.8) is 0 Å². The summed E-state index contributed by atoms with van der Waals surface area (Å²) < 4.78 is 5.25. The van der Waals surface area contributed by atoms with Gasteiger partial charge in [-0.2, -0.15) is 0 Å². The lowest BCUT2D eigenvalue weighted by molar-refractivity contribution is -0.138. The molecule has 6 heteroatoms. The topological polar surface area (TPSA) is 75.6 Å². The largest absolute Gasteiger partial charge is 0.480 e. The maximum atomic E-state index is 11.7. The van der Waals surface area contributed by atoms with Crippen molar-refractivity contribution >= 4 is 24.5 Å². The predicted molar refractivity (Wildman–Crippen MR) is 92.6 cm³/mol. The Kier molecular flexibility index (Phi) is 5.46. The number of rotatable bonds is 4. The van der Waals surface area contributed by atoms with E-state index in [4.69, 9.17) is 9.84 Å². The van der Waals surface area contributed by atoms with Crippen LogP contribution in [0.15, 0.2) is 48.5 Å². The summed E-state index contributed by atoms with van der Waals surface area (Å²) in [6.45, 7) is 1.57. The molecular weight excluding hydrogens is 330 g/mol. The Hall–Kier alpha value is -2.53. The van der Waals surface area contributed by atoms with Gasteiger partial charge in [0, 0.05) is 5.92 Å². The highest BCUT2D eigenvalue weighted by Gasteiger charge is 2.29. The van der Waals surface area contributed by atoms with Gasteiger partial charge in [0.2, 0.25) is 0 Å². The Morgan fingerprint density at radius 1 is 1.08 bits per heavy atom. The minimum Gasteiger partial charge on any atom is -0.480 e.